The summed E-state index contributed by atoms with van der Waals surface area (Å²) < 4.78 is 10.8. The first-order chi connectivity index (χ1) is 17.3. The van der Waals surface area contributed by atoms with Gasteiger partial charge in [0.15, 0.2) is 12.2 Å². The van der Waals surface area contributed by atoms with Crippen LogP contribution in [0.5, 0.6) is 11.5 Å². The molecule has 0 aromatic heterocycles. The molecule has 2 aromatic carbocycles. The number of hydrazone groups is 1. The molecule has 3 unspecified atom stereocenters. The number of ether oxygens (including phenoxy) is 2. The van der Waals surface area contributed by atoms with E-state index in [9.17, 15) is 14.7 Å². The maximum Gasteiger partial charge on any atom is 0.325 e. The molecule has 3 atom stereocenters. The number of rotatable bonds is 8. The number of β-amino-alcohol motifs (C(OH)–C–C–N with tert-alkyl or cyclic N) is 1. The summed E-state index contributed by atoms with van der Waals surface area (Å²) in [5, 5.41) is 18.1. The summed E-state index contributed by atoms with van der Waals surface area (Å²) in [4.78, 5) is 32.3. The monoisotopic (exact) mass is 514 g/mol. The van der Waals surface area contributed by atoms with Gasteiger partial charge in [-0.1, -0.05) is 23.7 Å². The van der Waals surface area contributed by atoms with Crippen molar-refractivity contribution in [2.24, 2.45) is 10.1 Å². The maximum absolute atomic E-state index is 12.7. The van der Waals surface area contributed by atoms with Crippen molar-refractivity contribution in [2.45, 2.75) is 25.2 Å². The van der Waals surface area contributed by atoms with Gasteiger partial charge >= 0.3 is 6.03 Å². The normalized spacial score (nSPS) is 20.5. The number of carbonyl (C=O) groups is 2. The van der Waals surface area contributed by atoms with E-state index in [1.165, 1.54) is 4.90 Å². The molecular weight excluding hydrogens is 488 g/mol. The quantitative estimate of drug-likeness (QED) is 0.361. The Kier molecular flexibility index (Phi) is 7.61. The molecule has 2 aliphatic heterocycles. The molecule has 0 spiro atoms. The Balaban J connectivity index is 1.49. The summed E-state index contributed by atoms with van der Waals surface area (Å²) in [6, 6.07) is 12.8. The Bertz CT molecular complexity index is 1170. The van der Waals surface area contributed by atoms with Crippen LogP contribution in [0.25, 0.3) is 0 Å². The molecule has 3 amide bonds. The van der Waals surface area contributed by atoms with Crippen molar-refractivity contribution in [3.63, 3.8) is 0 Å². The number of carbonyl (C=O) groups excluding carboxylic acids is 2. The number of benzene rings is 2. The van der Waals surface area contributed by atoms with Crippen LogP contribution >= 0.6 is 11.6 Å². The first-order valence-corrected chi connectivity index (χ1v) is 11.6. The molecule has 36 heavy (non-hydrogen) atoms. The van der Waals surface area contributed by atoms with Crippen molar-refractivity contribution in [1.29, 1.82) is 0 Å². The maximum atomic E-state index is 12.7. The van der Waals surface area contributed by atoms with E-state index in [1.807, 2.05) is 19.1 Å². The third-order valence-corrected chi connectivity index (χ3v) is 6.11. The van der Waals surface area contributed by atoms with E-state index >= 15 is 0 Å². The number of imide groups is 1. The van der Waals surface area contributed by atoms with E-state index in [0.29, 0.717) is 22.2 Å². The molecule has 11 nitrogen and oxygen atoms in total. The number of guanidine groups is 1. The Hall–Kier alpha value is -3.83. The zero-order chi connectivity index (χ0) is 25.8. The molecule has 2 aliphatic rings. The Morgan fingerprint density at radius 3 is 2.53 bits per heavy atom. The molecule has 3 N–H and O–H groups in total. The highest BCUT2D eigenvalue weighted by molar-refractivity contribution is 6.30. The highest BCUT2D eigenvalue weighted by Crippen LogP contribution is 2.24. The third-order valence-electron chi connectivity index (χ3n) is 5.86. The second kappa shape index (κ2) is 10.8. The van der Waals surface area contributed by atoms with E-state index in [-0.39, 0.29) is 19.1 Å². The lowest BCUT2D eigenvalue weighted by molar-refractivity contribution is -0.127. The highest BCUT2D eigenvalue weighted by atomic mass is 35.5. The Morgan fingerprint density at radius 2 is 1.86 bits per heavy atom. The molecule has 1 saturated heterocycles. The second-order valence-electron chi connectivity index (χ2n) is 8.33. The van der Waals surface area contributed by atoms with Crippen LogP contribution in [0.4, 0.5) is 4.79 Å². The van der Waals surface area contributed by atoms with E-state index in [2.05, 4.69) is 20.8 Å². The summed E-state index contributed by atoms with van der Waals surface area (Å²) >= 11 is 5.96. The van der Waals surface area contributed by atoms with Gasteiger partial charge < -0.3 is 24.4 Å². The molecule has 190 valence electrons. The van der Waals surface area contributed by atoms with Gasteiger partial charge in [0.25, 0.3) is 5.91 Å². The molecule has 0 radical (unpaired) electrons. The highest BCUT2D eigenvalue weighted by Gasteiger charge is 2.49. The number of aliphatic imine (C=N–C) groups is 1. The lowest BCUT2D eigenvalue weighted by atomic mass is 10.1. The van der Waals surface area contributed by atoms with Gasteiger partial charge in [0, 0.05) is 12.1 Å². The molecule has 1 fully saturated rings. The summed E-state index contributed by atoms with van der Waals surface area (Å²) in [6.07, 6.45) is -1.75. The van der Waals surface area contributed by atoms with Crippen LogP contribution in [0.1, 0.15) is 12.5 Å². The number of amides is 3. The predicted octanol–water partition coefficient (Wildman–Crippen LogP) is 1.65. The Labute approximate surface area is 213 Å². The van der Waals surface area contributed by atoms with Gasteiger partial charge in [-0.3, -0.25) is 10.1 Å². The fraction of sp³-hybridized carbons (Fsp3) is 0.333. The van der Waals surface area contributed by atoms with Crippen LogP contribution in [-0.2, 0) is 4.79 Å². The number of hydrogen-bond acceptors (Lipinski definition) is 9. The standard InChI is InChI=1S/C24H27ClN6O5/c1-14(15-4-6-16(25)7-5-15)28-29-23-26-21-20(22(33)27-24(34)30(21)2)31(23)12-17(32)13-36-19-10-8-18(35-3)9-11-19/h4-11,17,20-21,32H,12-13H2,1-3H3,(H,26,29)(H,27,33,34)/b28-14-. The van der Waals surface area contributed by atoms with Crippen LogP contribution in [0.2, 0.25) is 5.02 Å². The van der Waals surface area contributed by atoms with Crippen molar-refractivity contribution in [3.05, 3.63) is 59.1 Å². The predicted molar refractivity (Wildman–Crippen MR) is 134 cm³/mol. The fourth-order valence-corrected chi connectivity index (χ4v) is 3.98. The van der Waals surface area contributed by atoms with Crippen molar-refractivity contribution < 1.29 is 24.2 Å². The van der Waals surface area contributed by atoms with Crippen molar-refractivity contribution in [2.75, 3.05) is 27.3 Å². The van der Waals surface area contributed by atoms with E-state index in [1.54, 1.807) is 55.5 Å². The number of halogens is 1. The average molecular weight is 515 g/mol. The van der Waals surface area contributed by atoms with Crippen LogP contribution in [0.3, 0.4) is 0 Å². The number of methoxy groups -OCH3 is 1. The SMILES string of the molecule is COc1ccc(OCC(O)CN2C(N/N=C(/C)c3ccc(Cl)cc3)=NC3C2C(=O)NC(=O)N3C)cc1. The van der Waals surface area contributed by atoms with Crippen LogP contribution in [0, 0.1) is 0 Å². The van der Waals surface area contributed by atoms with Gasteiger partial charge in [0.2, 0.25) is 5.96 Å². The zero-order valence-electron chi connectivity index (χ0n) is 20.0. The van der Waals surface area contributed by atoms with Crippen LogP contribution in [-0.4, -0.2) is 84.1 Å². The minimum Gasteiger partial charge on any atom is -0.497 e. The van der Waals surface area contributed by atoms with Crippen LogP contribution < -0.4 is 20.2 Å². The number of likely N-dealkylation sites (N-methyl/N-ethyl adjacent to an activating group) is 1. The molecule has 0 aliphatic carbocycles. The number of urea groups is 1. The first-order valence-electron chi connectivity index (χ1n) is 11.2. The lowest BCUT2D eigenvalue weighted by Gasteiger charge is -2.36. The molecular formula is C24H27ClN6O5. The van der Waals surface area contributed by atoms with E-state index in [0.717, 1.165) is 5.56 Å². The topological polar surface area (TPSA) is 128 Å². The van der Waals surface area contributed by atoms with Gasteiger partial charge in [-0.15, -0.1) is 0 Å². The smallest absolute Gasteiger partial charge is 0.325 e. The summed E-state index contributed by atoms with van der Waals surface area (Å²) in [5.41, 5.74) is 4.39. The summed E-state index contributed by atoms with van der Waals surface area (Å²) in [6.45, 7) is 1.79. The molecule has 12 heteroatoms. The minimum atomic E-state index is -0.977. The average Bonchev–Trinajstić information content (AvgIpc) is 3.24. The zero-order valence-corrected chi connectivity index (χ0v) is 20.8. The number of nitrogens with one attached hydrogen (secondary N) is 2. The third kappa shape index (κ3) is 5.52. The molecule has 0 saturated carbocycles. The molecule has 4 rings (SSSR count). The second-order valence-corrected chi connectivity index (χ2v) is 8.76. The Morgan fingerprint density at radius 1 is 1.19 bits per heavy atom. The van der Waals surface area contributed by atoms with E-state index < -0.39 is 30.2 Å². The van der Waals surface area contributed by atoms with Gasteiger partial charge in [0.1, 0.15) is 24.2 Å². The van der Waals surface area contributed by atoms with E-state index in [4.69, 9.17) is 21.1 Å². The van der Waals surface area contributed by atoms with Crippen LogP contribution in [0.15, 0.2) is 58.6 Å². The van der Waals surface area contributed by atoms with Crippen molar-refractivity contribution >= 4 is 35.2 Å². The molecule has 2 heterocycles. The molecule has 2 aromatic rings. The fourth-order valence-electron chi connectivity index (χ4n) is 3.85. The number of hydrogen-bond donors (Lipinski definition) is 3. The summed E-state index contributed by atoms with van der Waals surface area (Å²) in [5.74, 6) is 0.989. The first kappa shape index (κ1) is 25.3. The largest absolute Gasteiger partial charge is 0.497 e. The number of aliphatic hydroxyl groups is 1. The van der Waals surface area contributed by atoms with Gasteiger partial charge in [0.05, 0.1) is 19.4 Å². The minimum absolute atomic E-state index is 0.00805. The number of nitrogens with zero attached hydrogens (tertiary/aromatic N) is 4. The van der Waals surface area contributed by atoms with Crippen molar-refractivity contribution in [1.82, 2.24) is 20.5 Å². The number of aliphatic hydroxyl groups excluding tert-OH is 1. The van der Waals surface area contributed by atoms with Crippen molar-refractivity contribution in [3.8, 4) is 11.5 Å². The van der Waals surface area contributed by atoms with Gasteiger partial charge in [-0.05, 0) is 48.9 Å². The summed E-state index contributed by atoms with van der Waals surface area (Å²) in [7, 11) is 3.12. The molecule has 0 bridgehead atoms. The van der Waals surface area contributed by atoms with Gasteiger partial charge in [-0.2, -0.15) is 5.10 Å². The number of fused-ring (bicyclic) bond motifs is 1. The van der Waals surface area contributed by atoms with Gasteiger partial charge in [-0.25, -0.2) is 15.2 Å². The lowest BCUT2D eigenvalue weighted by Crippen LogP contribution is -2.64.